The van der Waals surface area contributed by atoms with Crippen molar-refractivity contribution in [3.8, 4) is 0 Å². The number of allylic oxidation sites excluding steroid dienone is 2. The molecule has 0 aromatic heterocycles. The quantitative estimate of drug-likeness (QED) is 0.354. The SMILES string of the molecule is CCCC1CCC(C2CCC(C=CC3CCC(CCc4ccc(F)cc4)CC3)CC2)CC1. The standard InChI is InChI=1S/C31H47F/c1-2-3-24-12-18-29(19-13-24)30-20-14-27(15-21-30)10-8-25-4-6-26(7-5-25)9-11-28-16-22-31(32)23-17-28/h8,10,16-17,22-27,29-30H,2-7,9,11-15,18-21H2,1H3. The third-order valence-electron chi connectivity index (χ3n) is 9.37. The van der Waals surface area contributed by atoms with Crippen LogP contribution in [0.2, 0.25) is 0 Å². The second-order valence-corrected chi connectivity index (χ2v) is 11.6. The lowest BCUT2D eigenvalue weighted by Crippen LogP contribution is -2.25. The van der Waals surface area contributed by atoms with Gasteiger partial charge in [0.15, 0.2) is 0 Å². The molecule has 3 aliphatic rings. The summed E-state index contributed by atoms with van der Waals surface area (Å²) in [5, 5.41) is 0. The van der Waals surface area contributed by atoms with Crippen LogP contribution < -0.4 is 0 Å². The van der Waals surface area contributed by atoms with Crippen LogP contribution in [-0.2, 0) is 6.42 Å². The van der Waals surface area contributed by atoms with Gasteiger partial charge in [0.05, 0.1) is 0 Å². The molecule has 0 heterocycles. The van der Waals surface area contributed by atoms with Gasteiger partial charge in [-0.1, -0.05) is 56.9 Å². The smallest absolute Gasteiger partial charge is 0.123 e. The molecule has 178 valence electrons. The maximum Gasteiger partial charge on any atom is 0.123 e. The van der Waals surface area contributed by atoms with Gasteiger partial charge in [-0.15, -0.1) is 0 Å². The lowest BCUT2D eigenvalue weighted by Gasteiger charge is -2.37. The predicted molar refractivity (Wildman–Crippen MR) is 135 cm³/mol. The van der Waals surface area contributed by atoms with Crippen LogP contribution in [0, 0.1) is 41.3 Å². The van der Waals surface area contributed by atoms with Crippen molar-refractivity contribution in [1.29, 1.82) is 0 Å². The van der Waals surface area contributed by atoms with Crippen LogP contribution >= 0.6 is 0 Å². The Labute approximate surface area is 197 Å². The Hall–Kier alpha value is -1.11. The van der Waals surface area contributed by atoms with Crippen LogP contribution in [0.4, 0.5) is 4.39 Å². The lowest BCUT2D eigenvalue weighted by atomic mass is 9.68. The van der Waals surface area contributed by atoms with Gasteiger partial charge >= 0.3 is 0 Å². The van der Waals surface area contributed by atoms with Crippen molar-refractivity contribution in [1.82, 2.24) is 0 Å². The second-order valence-electron chi connectivity index (χ2n) is 11.6. The fourth-order valence-corrected chi connectivity index (χ4v) is 7.17. The van der Waals surface area contributed by atoms with Gasteiger partial charge in [-0.25, -0.2) is 4.39 Å². The number of halogens is 1. The molecular formula is C31H47F. The van der Waals surface area contributed by atoms with Crippen molar-refractivity contribution in [3.05, 3.63) is 47.8 Å². The molecule has 1 aromatic rings. The van der Waals surface area contributed by atoms with E-state index >= 15 is 0 Å². The summed E-state index contributed by atoms with van der Waals surface area (Å²) in [7, 11) is 0. The van der Waals surface area contributed by atoms with Gasteiger partial charge in [0, 0.05) is 0 Å². The highest BCUT2D eigenvalue weighted by atomic mass is 19.1. The summed E-state index contributed by atoms with van der Waals surface area (Å²) < 4.78 is 13.1. The van der Waals surface area contributed by atoms with Crippen LogP contribution in [0.15, 0.2) is 36.4 Å². The van der Waals surface area contributed by atoms with Gasteiger partial charge in [-0.2, -0.15) is 0 Å². The van der Waals surface area contributed by atoms with E-state index < -0.39 is 0 Å². The van der Waals surface area contributed by atoms with E-state index in [2.05, 4.69) is 19.1 Å². The summed E-state index contributed by atoms with van der Waals surface area (Å²) in [5.74, 6) is 5.57. The van der Waals surface area contributed by atoms with Crippen LogP contribution in [0.5, 0.6) is 0 Å². The van der Waals surface area contributed by atoms with E-state index in [0.29, 0.717) is 0 Å². The number of rotatable bonds is 8. The van der Waals surface area contributed by atoms with Crippen LogP contribution in [0.25, 0.3) is 0 Å². The van der Waals surface area contributed by atoms with Gasteiger partial charge in [-0.3, -0.25) is 0 Å². The van der Waals surface area contributed by atoms with E-state index in [1.807, 2.05) is 12.1 Å². The molecular weight excluding hydrogens is 391 g/mol. The Balaban J connectivity index is 1.10. The zero-order valence-corrected chi connectivity index (χ0v) is 20.6. The normalized spacial score (nSPS) is 34.1. The number of aryl methyl sites for hydroxylation is 1. The number of hydrogen-bond acceptors (Lipinski definition) is 0. The Kier molecular flexibility index (Phi) is 9.30. The molecule has 0 bridgehead atoms. The van der Waals surface area contributed by atoms with Gasteiger partial charge < -0.3 is 0 Å². The monoisotopic (exact) mass is 438 g/mol. The zero-order valence-electron chi connectivity index (χ0n) is 20.6. The van der Waals surface area contributed by atoms with E-state index in [1.165, 1.54) is 102 Å². The van der Waals surface area contributed by atoms with Gasteiger partial charge in [0.1, 0.15) is 5.82 Å². The van der Waals surface area contributed by atoms with E-state index in [-0.39, 0.29) is 5.82 Å². The first-order valence-electron chi connectivity index (χ1n) is 14.1. The molecule has 0 unspecified atom stereocenters. The fourth-order valence-electron chi connectivity index (χ4n) is 7.17. The maximum atomic E-state index is 13.1. The lowest BCUT2D eigenvalue weighted by molar-refractivity contribution is 0.152. The number of benzene rings is 1. The van der Waals surface area contributed by atoms with E-state index in [1.54, 1.807) is 12.1 Å². The molecule has 0 atom stereocenters. The minimum Gasteiger partial charge on any atom is -0.207 e. The molecule has 4 rings (SSSR count). The molecule has 1 aromatic carbocycles. The van der Waals surface area contributed by atoms with Crippen LogP contribution in [0.3, 0.4) is 0 Å². The van der Waals surface area contributed by atoms with E-state index in [9.17, 15) is 4.39 Å². The second kappa shape index (κ2) is 12.4. The van der Waals surface area contributed by atoms with Crippen LogP contribution in [0.1, 0.15) is 109 Å². The molecule has 3 aliphatic carbocycles. The predicted octanol–water partition coefficient (Wildman–Crippen LogP) is 9.53. The summed E-state index contributed by atoms with van der Waals surface area (Å²) >= 11 is 0. The van der Waals surface area contributed by atoms with Gasteiger partial charge in [0.2, 0.25) is 0 Å². The molecule has 0 radical (unpaired) electrons. The molecule has 0 N–H and O–H groups in total. The summed E-state index contributed by atoms with van der Waals surface area (Å²) in [6.07, 6.45) is 27.9. The summed E-state index contributed by atoms with van der Waals surface area (Å²) in [4.78, 5) is 0. The average Bonchev–Trinajstić information content (AvgIpc) is 2.84. The van der Waals surface area contributed by atoms with Crippen molar-refractivity contribution in [2.75, 3.05) is 0 Å². The minimum atomic E-state index is -0.121. The summed E-state index contributed by atoms with van der Waals surface area (Å²) in [6, 6.07) is 7.11. The average molecular weight is 439 g/mol. The zero-order chi connectivity index (χ0) is 22.2. The maximum absolute atomic E-state index is 13.1. The Morgan fingerprint density at radius 1 is 0.656 bits per heavy atom. The third kappa shape index (κ3) is 7.19. The molecule has 0 saturated heterocycles. The first-order valence-corrected chi connectivity index (χ1v) is 14.1. The molecule has 0 spiro atoms. The van der Waals surface area contributed by atoms with Gasteiger partial charge in [-0.05, 0) is 130 Å². The highest BCUT2D eigenvalue weighted by Crippen LogP contribution is 2.42. The van der Waals surface area contributed by atoms with Crippen molar-refractivity contribution in [2.45, 2.75) is 110 Å². The van der Waals surface area contributed by atoms with E-state index in [0.717, 1.165) is 41.9 Å². The molecule has 3 fully saturated rings. The number of hydrogen-bond donors (Lipinski definition) is 0. The third-order valence-corrected chi connectivity index (χ3v) is 9.37. The molecule has 1 heteroatoms. The topological polar surface area (TPSA) is 0 Å². The summed E-state index contributed by atoms with van der Waals surface area (Å²) in [5.41, 5.74) is 1.29. The largest absolute Gasteiger partial charge is 0.207 e. The highest BCUT2D eigenvalue weighted by molar-refractivity contribution is 5.16. The van der Waals surface area contributed by atoms with Crippen molar-refractivity contribution in [3.63, 3.8) is 0 Å². The molecule has 0 amide bonds. The summed E-state index contributed by atoms with van der Waals surface area (Å²) in [6.45, 7) is 2.35. The van der Waals surface area contributed by atoms with Gasteiger partial charge in [0.25, 0.3) is 0 Å². The van der Waals surface area contributed by atoms with Crippen LogP contribution in [-0.4, -0.2) is 0 Å². The minimum absolute atomic E-state index is 0.121. The van der Waals surface area contributed by atoms with Crippen molar-refractivity contribution in [2.24, 2.45) is 35.5 Å². The molecule has 32 heavy (non-hydrogen) atoms. The first kappa shape index (κ1) is 24.0. The Morgan fingerprint density at radius 2 is 1.12 bits per heavy atom. The fraction of sp³-hybridized carbons (Fsp3) is 0.742. The molecule has 3 saturated carbocycles. The highest BCUT2D eigenvalue weighted by Gasteiger charge is 2.30. The van der Waals surface area contributed by atoms with Crippen molar-refractivity contribution < 1.29 is 4.39 Å². The van der Waals surface area contributed by atoms with E-state index in [4.69, 9.17) is 0 Å². The Morgan fingerprint density at radius 3 is 1.69 bits per heavy atom. The molecule has 0 nitrogen and oxygen atoms in total. The van der Waals surface area contributed by atoms with Crippen molar-refractivity contribution >= 4 is 0 Å². The Bertz CT molecular complexity index is 665. The molecule has 0 aliphatic heterocycles. The first-order chi connectivity index (χ1) is 15.7.